The van der Waals surface area contributed by atoms with Crippen molar-refractivity contribution in [1.29, 1.82) is 0 Å². The lowest BCUT2D eigenvalue weighted by atomic mass is 10.1. The molecule has 0 aliphatic carbocycles. The fourth-order valence-corrected chi connectivity index (χ4v) is 2.93. The summed E-state index contributed by atoms with van der Waals surface area (Å²) in [6.45, 7) is 4.05. The van der Waals surface area contributed by atoms with Gasteiger partial charge in [0.2, 0.25) is 0 Å². The van der Waals surface area contributed by atoms with Gasteiger partial charge in [-0.1, -0.05) is 48.3 Å². The number of benzene rings is 2. The van der Waals surface area contributed by atoms with E-state index in [1.807, 2.05) is 25.1 Å². The summed E-state index contributed by atoms with van der Waals surface area (Å²) in [5.41, 5.74) is 3.47. The Kier molecular flexibility index (Phi) is 5.99. The molecule has 0 saturated carbocycles. The van der Waals surface area contributed by atoms with Crippen molar-refractivity contribution < 1.29 is 4.79 Å². The molecule has 6 heteroatoms. The number of amides is 1. The minimum atomic E-state index is -0.362. The molecule has 2 rings (SSSR count). The van der Waals surface area contributed by atoms with Gasteiger partial charge in [-0.15, -0.1) is 0 Å². The maximum atomic E-state index is 12.2. The van der Waals surface area contributed by atoms with Crippen LogP contribution in [0.4, 0.5) is 5.69 Å². The predicted molar refractivity (Wildman–Crippen MR) is 101 cm³/mol. The number of nitrogens with one attached hydrogen (secondary N) is 2. The van der Waals surface area contributed by atoms with E-state index in [2.05, 4.69) is 17.6 Å². The molecular formula is C17H16Cl2N2OS. The lowest BCUT2D eigenvalue weighted by Gasteiger charge is -2.15. The predicted octanol–water partition coefficient (Wildman–Crippen LogP) is 4.99. The number of aryl methyl sites for hydroxylation is 2. The van der Waals surface area contributed by atoms with Crippen molar-refractivity contribution in [2.45, 2.75) is 20.3 Å². The Morgan fingerprint density at radius 3 is 2.43 bits per heavy atom. The van der Waals surface area contributed by atoms with Crippen LogP contribution in [0, 0.1) is 6.92 Å². The van der Waals surface area contributed by atoms with Gasteiger partial charge >= 0.3 is 0 Å². The first-order valence-corrected chi connectivity index (χ1v) is 8.24. The van der Waals surface area contributed by atoms with Crippen LogP contribution in [-0.4, -0.2) is 11.0 Å². The summed E-state index contributed by atoms with van der Waals surface area (Å²) in [6, 6.07) is 10.7. The number of carbonyl (C=O) groups is 1. The standard InChI is InChI=1S/C17H16Cl2N2OS/c1-3-11-6-4-5-10(2)15(11)20-17(23)21-16(22)12-7-13(18)9-14(19)8-12/h4-9H,3H2,1-2H3,(H2,20,21,22,23). The Bertz CT molecular complexity index is 742. The quantitative estimate of drug-likeness (QED) is 0.751. The van der Waals surface area contributed by atoms with Gasteiger partial charge < -0.3 is 5.32 Å². The van der Waals surface area contributed by atoms with Crippen LogP contribution in [0.3, 0.4) is 0 Å². The first-order valence-electron chi connectivity index (χ1n) is 7.07. The third-order valence-electron chi connectivity index (χ3n) is 3.33. The molecule has 0 spiro atoms. The molecule has 1 amide bonds. The van der Waals surface area contributed by atoms with Crippen LogP contribution in [0.2, 0.25) is 10.0 Å². The molecule has 0 unspecified atom stereocenters. The van der Waals surface area contributed by atoms with Gasteiger partial charge in [0.05, 0.1) is 0 Å². The third kappa shape index (κ3) is 4.67. The molecule has 0 bridgehead atoms. The van der Waals surface area contributed by atoms with Gasteiger partial charge in [-0.3, -0.25) is 10.1 Å². The Morgan fingerprint density at radius 1 is 1.17 bits per heavy atom. The van der Waals surface area contributed by atoms with Crippen LogP contribution in [0.25, 0.3) is 0 Å². The Labute approximate surface area is 151 Å². The van der Waals surface area contributed by atoms with E-state index in [0.29, 0.717) is 15.6 Å². The number of thiocarbonyl (C=S) groups is 1. The molecule has 3 nitrogen and oxygen atoms in total. The topological polar surface area (TPSA) is 41.1 Å². The molecule has 2 aromatic carbocycles. The summed E-state index contributed by atoms with van der Waals surface area (Å²) in [7, 11) is 0. The highest BCUT2D eigenvalue weighted by molar-refractivity contribution is 7.80. The van der Waals surface area contributed by atoms with Crippen LogP contribution in [-0.2, 0) is 6.42 Å². The summed E-state index contributed by atoms with van der Waals surface area (Å²) < 4.78 is 0. The molecule has 0 atom stereocenters. The van der Waals surface area contributed by atoms with E-state index in [1.165, 1.54) is 12.1 Å². The van der Waals surface area contributed by atoms with Gasteiger partial charge in [-0.05, 0) is 54.9 Å². The molecule has 0 saturated heterocycles. The van der Waals surface area contributed by atoms with Gasteiger partial charge in [-0.2, -0.15) is 0 Å². The highest BCUT2D eigenvalue weighted by Gasteiger charge is 2.12. The van der Waals surface area contributed by atoms with Gasteiger partial charge in [-0.25, -0.2) is 0 Å². The number of anilines is 1. The average Bonchev–Trinajstić information content (AvgIpc) is 2.48. The van der Waals surface area contributed by atoms with E-state index < -0.39 is 0 Å². The van der Waals surface area contributed by atoms with Crippen LogP contribution in [0.5, 0.6) is 0 Å². The number of hydrogen-bond donors (Lipinski definition) is 2. The first-order chi connectivity index (χ1) is 10.9. The fraction of sp³-hybridized carbons (Fsp3) is 0.176. The van der Waals surface area contributed by atoms with Crippen molar-refractivity contribution in [2.75, 3.05) is 5.32 Å². The van der Waals surface area contributed by atoms with Crippen molar-refractivity contribution in [3.05, 3.63) is 63.1 Å². The zero-order valence-electron chi connectivity index (χ0n) is 12.7. The normalized spacial score (nSPS) is 10.3. The minimum Gasteiger partial charge on any atom is -0.332 e. The summed E-state index contributed by atoms with van der Waals surface area (Å²) in [4.78, 5) is 12.2. The molecular weight excluding hydrogens is 351 g/mol. The zero-order chi connectivity index (χ0) is 17.0. The number of halogens is 2. The SMILES string of the molecule is CCc1cccc(C)c1NC(=S)NC(=O)c1cc(Cl)cc(Cl)c1. The lowest BCUT2D eigenvalue weighted by Crippen LogP contribution is -2.34. The van der Waals surface area contributed by atoms with Crippen molar-refractivity contribution in [3.63, 3.8) is 0 Å². The van der Waals surface area contributed by atoms with Crippen LogP contribution < -0.4 is 10.6 Å². The highest BCUT2D eigenvalue weighted by Crippen LogP contribution is 2.21. The van der Waals surface area contributed by atoms with Gasteiger partial charge in [0.25, 0.3) is 5.91 Å². The van der Waals surface area contributed by atoms with Gasteiger partial charge in [0.15, 0.2) is 5.11 Å². The Balaban J connectivity index is 2.12. The Morgan fingerprint density at radius 2 is 1.83 bits per heavy atom. The molecule has 0 aromatic heterocycles. The number of para-hydroxylation sites is 1. The molecule has 23 heavy (non-hydrogen) atoms. The van der Waals surface area contributed by atoms with Crippen LogP contribution >= 0.6 is 35.4 Å². The third-order valence-corrected chi connectivity index (χ3v) is 3.97. The van der Waals surface area contributed by atoms with E-state index in [4.69, 9.17) is 35.4 Å². The molecule has 0 fully saturated rings. The van der Waals surface area contributed by atoms with E-state index in [9.17, 15) is 4.79 Å². The van der Waals surface area contributed by atoms with Crippen molar-refractivity contribution >= 4 is 52.1 Å². The Hall–Kier alpha value is -1.62. The summed E-state index contributed by atoms with van der Waals surface area (Å²) in [6.07, 6.45) is 0.866. The summed E-state index contributed by atoms with van der Waals surface area (Å²) in [5.74, 6) is -0.362. The highest BCUT2D eigenvalue weighted by atomic mass is 35.5. The summed E-state index contributed by atoms with van der Waals surface area (Å²) >= 11 is 17.1. The summed E-state index contributed by atoms with van der Waals surface area (Å²) in [5, 5.41) is 6.76. The van der Waals surface area contributed by atoms with E-state index >= 15 is 0 Å². The number of carbonyl (C=O) groups excluding carboxylic acids is 1. The number of rotatable bonds is 3. The maximum Gasteiger partial charge on any atom is 0.257 e. The second-order valence-corrected chi connectivity index (χ2v) is 6.31. The van der Waals surface area contributed by atoms with Crippen molar-refractivity contribution in [1.82, 2.24) is 5.32 Å². The molecule has 0 heterocycles. The first kappa shape index (κ1) is 17.7. The zero-order valence-corrected chi connectivity index (χ0v) is 15.1. The minimum absolute atomic E-state index is 0.232. The van der Waals surface area contributed by atoms with E-state index in [1.54, 1.807) is 6.07 Å². The monoisotopic (exact) mass is 366 g/mol. The fourth-order valence-electron chi connectivity index (χ4n) is 2.21. The lowest BCUT2D eigenvalue weighted by molar-refractivity contribution is 0.0977. The molecule has 0 aliphatic heterocycles. The van der Waals surface area contributed by atoms with Crippen LogP contribution in [0.15, 0.2) is 36.4 Å². The second-order valence-electron chi connectivity index (χ2n) is 5.03. The second kappa shape index (κ2) is 7.77. The average molecular weight is 367 g/mol. The van der Waals surface area contributed by atoms with E-state index in [-0.39, 0.29) is 11.0 Å². The van der Waals surface area contributed by atoms with E-state index in [0.717, 1.165) is 23.2 Å². The van der Waals surface area contributed by atoms with Crippen molar-refractivity contribution in [3.8, 4) is 0 Å². The van der Waals surface area contributed by atoms with Crippen molar-refractivity contribution in [2.24, 2.45) is 0 Å². The molecule has 2 N–H and O–H groups in total. The number of hydrogen-bond acceptors (Lipinski definition) is 2. The molecule has 0 aliphatic rings. The van der Waals surface area contributed by atoms with Crippen LogP contribution in [0.1, 0.15) is 28.4 Å². The molecule has 120 valence electrons. The molecule has 2 aromatic rings. The van der Waals surface area contributed by atoms with Gasteiger partial charge in [0.1, 0.15) is 0 Å². The maximum absolute atomic E-state index is 12.2. The van der Waals surface area contributed by atoms with Gasteiger partial charge in [0, 0.05) is 21.3 Å². The largest absolute Gasteiger partial charge is 0.332 e. The molecule has 0 radical (unpaired) electrons. The smallest absolute Gasteiger partial charge is 0.257 e.